The van der Waals surface area contributed by atoms with Crippen LogP contribution in [0.1, 0.15) is 24.8 Å². The van der Waals surface area contributed by atoms with Crippen molar-refractivity contribution in [1.29, 1.82) is 0 Å². The second kappa shape index (κ2) is 8.48. The van der Waals surface area contributed by atoms with Crippen molar-refractivity contribution in [1.82, 2.24) is 5.32 Å². The van der Waals surface area contributed by atoms with Crippen molar-refractivity contribution in [3.8, 4) is 11.5 Å². The Kier molecular flexibility index (Phi) is 7.31. The van der Waals surface area contributed by atoms with Crippen LogP contribution < -0.4 is 14.8 Å². The van der Waals surface area contributed by atoms with E-state index < -0.39 is 12.6 Å². The highest BCUT2D eigenvalue weighted by atomic mass is 79.9. The summed E-state index contributed by atoms with van der Waals surface area (Å²) >= 11 is 3.44. The molecular formula is C14H19BrF3NO2. The molecule has 0 aliphatic rings. The summed E-state index contributed by atoms with van der Waals surface area (Å²) in [5.41, 5.74) is 0.962. The van der Waals surface area contributed by atoms with Crippen LogP contribution in [0.4, 0.5) is 13.2 Å². The number of hydrogen-bond donors (Lipinski definition) is 1. The molecule has 0 bridgehead atoms. The third-order valence-corrected chi connectivity index (χ3v) is 3.67. The van der Waals surface area contributed by atoms with E-state index in [4.69, 9.17) is 9.47 Å². The molecule has 0 amide bonds. The number of alkyl halides is 3. The van der Waals surface area contributed by atoms with E-state index in [-0.39, 0.29) is 6.42 Å². The minimum absolute atomic E-state index is 0.142. The van der Waals surface area contributed by atoms with Crippen molar-refractivity contribution in [2.24, 2.45) is 0 Å². The lowest BCUT2D eigenvalue weighted by Crippen LogP contribution is -2.16. The van der Waals surface area contributed by atoms with Crippen LogP contribution in [0, 0.1) is 0 Å². The van der Waals surface area contributed by atoms with Crippen LogP contribution in [0.3, 0.4) is 0 Å². The van der Waals surface area contributed by atoms with E-state index in [1.54, 1.807) is 20.3 Å². The molecule has 1 aromatic rings. The number of unbranched alkanes of at least 4 members (excludes halogenated alkanes) is 1. The molecule has 0 aliphatic heterocycles. The number of nitrogens with one attached hydrogen (secondary N) is 1. The van der Waals surface area contributed by atoms with Gasteiger partial charge in [0.2, 0.25) is 0 Å². The van der Waals surface area contributed by atoms with Crippen LogP contribution in [0.15, 0.2) is 16.6 Å². The molecule has 1 rings (SSSR count). The Labute approximate surface area is 130 Å². The highest BCUT2D eigenvalue weighted by Gasteiger charge is 2.25. The van der Waals surface area contributed by atoms with E-state index in [1.807, 2.05) is 6.07 Å². The lowest BCUT2D eigenvalue weighted by molar-refractivity contribution is -0.135. The summed E-state index contributed by atoms with van der Waals surface area (Å²) < 4.78 is 47.2. The largest absolute Gasteiger partial charge is 0.493 e. The Morgan fingerprint density at radius 3 is 2.29 bits per heavy atom. The Morgan fingerprint density at radius 1 is 1.10 bits per heavy atom. The predicted octanol–water partition coefficient (Wildman–Crippen LogP) is 4.29. The number of hydrogen-bond acceptors (Lipinski definition) is 3. The van der Waals surface area contributed by atoms with Crippen LogP contribution in [-0.2, 0) is 6.54 Å². The van der Waals surface area contributed by atoms with Gasteiger partial charge in [-0.1, -0.05) is 15.9 Å². The standard InChI is InChI=1S/C14H19BrF3NO2/c1-20-12-7-10(11(15)8-13(12)21-2)9-19-6-4-3-5-14(16,17)18/h7-8,19H,3-6,9H2,1-2H3. The van der Waals surface area contributed by atoms with Crippen LogP contribution in [0.25, 0.3) is 0 Å². The van der Waals surface area contributed by atoms with E-state index in [0.717, 1.165) is 10.0 Å². The van der Waals surface area contributed by atoms with Crippen molar-refractivity contribution in [3.05, 3.63) is 22.2 Å². The maximum Gasteiger partial charge on any atom is 0.389 e. The van der Waals surface area contributed by atoms with Gasteiger partial charge in [-0.05, 0) is 37.1 Å². The SMILES string of the molecule is COc1cc(Br)c(CNCCCCC(F)(F)F)cc1OC. The van der Waals surface area contributed by atoms with E-state index in [9.17, 15) is 13.2 Å². The molecule has 0 fully saturated rings. The Balaban J connectivity index is 2.42. The molecule has 0 heterocycles. The summed E-state index contributed by atoms with van der Waals surface area (Å²) in [6, 6.07) is 3.64. The summed E-state index contributed by atoms with van der Waals surface area (Å²) in [6.45, 7) is 1.09. The van der Waals surface area contributed by atoms with Gasteiger partial charge in [-0.15, -0.1) is 0 Å². The average molecular weight is 370 g/mol. The Bertz CT molecular complexity index is 453. The van der Waals surface area contributed by atoms with Gasteiger partial charge in [0.1, 0.15) is 0 Å². The fourth-order valence-corrected chi connectivity index (χ4v) is 2.29. The topological polar surface area (TPSA) is 30.5 Å². The van der Waals surface area contributed by atoms with Gasteiger partial charge < -0.3 is 14.8 Å². The lowest BCUT2D eigenvalue weighted by Gasteiger charge is -2.12. The molecule has 3 nitrogen and oxygen atoms in total. The van der Waals surface area contributed by atoms with Crippen molar-refractivity contribution in [2.75, 3.05) is 20.8 Å². The molecule has 1 aromatic carbocycles. The van der Waals surface area contributed by atoms with Gasteiger partial charge >= 0.3 is 6.18 Å². The van der Waals surface area contributed by atoms with E-state index in [0.29, 0.717) is 31.0 Å². The quantitative estimate of drug-likeness (QED) is 0.693. The maximum atomic E-state index is 12.0. The molecular weight excluding hydrogens is 351 g/mol. The molecule has 0 saturated carbocycles. The average Bonchev–Trinajstić information content (AvgIpc) is 2.42. The molecule has 0 aliphatic carbocycles. The smallest absolute Gasteiger partial charge is 0.389 e. The molecule has 120 valence electrons. The van der Waals surface area contributed by atoms with Gasteiger partial charge in [-0.2, -0.15) is 13.2 Å². The van der Waals surface area contributed by atoms with Gasteiger partial charge in [0.05, 0.1) is 14.2 Å². The third kappa shape index (κ3) is 6.56. The monoisotopic (exact) mass is 369 g/mol. The number of methoxy groups -OCH3 is 2. The Hall–Kier alpha value is -0.950. The second-order valence-electron chi connectivity index (χ2n) is 4.55. The summed E-state index contributed by atoms with van der Waals surface area (Å²) in [7, 11) is 3.11. The Morgan fingerprint density at radius 2 is 1.71 bits per heavy atom. The molecule has 0 atom stereocenters. The molecule has 0 unspecified atom stereocenters. The zero-order valence-electron chi connectivity index (χ0n) is 12.0. The number of ether oxygens (including phenoxy) is 2. The minimum Gasteiger partial charge on any atom is -0.493 e. The first-order valence-electron chi connectivity index (χ1n) is 6.55. The normalized spacial score (nSPS) is 11.5. The molecule has 0 saturated heterocycles. The van der Waals surface area contributed by atoms with E-state index in [2.05, 4.69) is 21.2 Å². The van der Waals surface area contributed by atoms with Crippen molar-refractivity contribution in [2.45, 2.75) is 32.0 Å². The molecule has 21 heavy (non-hydrogen) atoms. The highest BCUT2D eigenvalue weighted by Crippen LogP contribution is 2.33. The number of rotatable bonds is 8. The van der Waals surface area contributed by atoms with Crippen LogP contribution in [0.5, 0.6) is 11.5 Å². The first kappa shape index (κ1) is 18.1. The van der Waals surface area contributed by atoms with E-state index >= 15 is 0 Å². The molecule has 1 N–H and O–H groups in total. The summed E-state index contributed by atoms with van der Waals surface area (Å²) in [6.07, 6.45) is -4.16. The fourth-order valence-electron chi connectivity index (χ4n) is 1.83. The van der Waals surface area contributed by atoms with Gasteiger partial charge in [-0.3, -0.25) is 0 Å². The molecule has 0 spiro atoms. The van der Waals surface area contributed by atoms with Crippen LogP contribution >= 0.6 is 15.9 Å². The van der Waals surface area contributed by atoms with Crippen molar-refractivity contribution in [3.63, 3.8) is 0 Å². The number of halogens is 4. The fraction of sp³-hybridized carbons (Fsp3) is 0.571. The zero-order valence-corrected chi connectivity index (χ0v) is 13.6. The molecule has 7 heteroatoms. The third-order valence-electron chi connectivity index (χ3n) is 2.93. The van der Waals surface area contributed by atoms with Crippen LogP contribution in [0.2, 0.25) is 0 Å². The summed E-state index contributed by atoms with van der Waals surface area (Å²) in [4.78, 5) is 0. The molecule has 0 aromatic heterocycles. The summed E-state index contributed by atoms with van der Waals surface area (Å²) in [5.74, 6) is 1.24. The van der Waals surface area contributed by atoms with Gasteiger partial charge in [0.25, 0.3) is 0 Å². The second-order valence-corrected chi connectivity index (χ2v) is 5.40. The predicted molar refractivity (Wildman–Crippen MR) is 78.9 cm³/mol. The minimum atomic E-state index is -4.06. The van der Waals surface area contributed by atoms with Gasteiger partial charge in [-0.25, -0.2) is 0 Å². The zero-order chi connectivity index (χ0) is 15.9. The first-order valence-corrected chi connectivity index (χ1v) is 7.34. The lowest BCUT2D eigenvalue weighted by atomic mass is 10.2. The first-order chi connectivity index (χ1) is 9.87. The highest BCUT2D eigenvalue weighted by molar-refractivity contribution is 9.10. The summed E-state index contributed by atoms with van der Waals surface area (Å²) in [5, 5.41) is 3.12. The van der Waals surface area contributed by atoms with Gasteiger partial charge in [0, 0.05) is 17.4 Å². The maximum absolute atomic E-state index is 12.0. The van der Waals surface area contributed by atoms with Crippen molar-refractivity contribution >= 4 is 15.9 Å². The van der Waals surface area contributed by atoms with Gasteiger partial charge in [0.15, 0.2) is 11.5 Å². The van der Waals surface area contributed by atoms with E-state index in [1.165, 1.54) is 0 Å². The van der Waals surface area contributed by atoms with Crippen molar-refractivity contribution < 1.29 is 22.6 Å². The molecule has 0 radical (unpaired) electrons. The number of benzene rings is 1. The van der Waals surface area contributed by atoms with Crippen LogP contribution in [-0.4, -0.2) is 26.9 Å².